The Bertz CT molecular complexity index is 2830. The molecule has 6 nitrogen and oxygen atoms in total. The topological polar surface area (TPSA) is 71.0 Å². The minimum absolute atomic E-state index is 0.159. The summed E-state index contributed by atoms with van der Waals surface area (Å²) in [6, 6.07) is 60.2. The van der Waals surface area contributed by atoms with Gasteiger partial charge in [-0.3, -0.25) is 0 Å². The highest BCUT2D eigenvalue weighted by Gasteiger charge is 2.36. The number of benzene rings is 9. The van der Waals surface area contributed by atoms with Crippen molar-refractivity contribution in [1.82, 2.24) is 0 Å². The second kappa shape index (κ2) is 16.8. The Kier molecular flexibility index (Phi) is 10.5. The third-order valence-corrected chi connectivity index (χ3v) is 12.4. The van der Waals surface area contributed by atoms with E-state index in [9.17, 15) is 10.2 Å². The molecule has 9 aromatic carbocycles. The number of hydrogen-bond donors (Lipinski definition) is 4. The van der Waals surface area contributed by atoms with Crippen LogP contribution in [0.15, 0.2) is 170 Å². The van der Waals surface area contributed by atoms with Crippen LogP contribution in [0.3, 0.4) is 0 Å². The fourth-order valence-corrected chi connectivity index (χ4v) is 9.12. The molecule has 1 aliphatic heterocycles. The molecule has 1 heterocycles. The molecular formula is C55H50N4O2. The van der Waals surface area contributed by atoms with E-state index in [0.29, 0.717) is 55.6 Å². The van der Waals surface area contributed by atoms with Gasteiger partial charge in [-0.05, 0) is 91.0 Å². The van der Waals surface area contributed by atoms with Crippen LogP contribution in [0, 0.1) is 0 Å². The van der Waals surface area contributed by atoms with Crippen molar-refractivity contribution >= 4 is 65.8 Å². The maximum atomic E-state index is 12.5. The Hall–Kier alpha value is -7.18. The summed E-state index contributed by atoms with van der Waals surface area (Å²) in [7, 11) is 0. The van der Waals surface area contributed by atoms with Crippen LogP contribution in [0.2, 0.25) is 0 Å². The van der Waals surface area contributed by atoms with Gasteiger partial charge in [0.05, 0.1) is 6.67 Å². The highest BCUT2D eigenvalue weighted by atomic mass is 16.3. The molecule has 4 N–H and O–H groups in total. The fraction of sp³-hybridized carbons (Fsp3) is 0.164. The van der Waals surface area contributed by atoms with Crippen molar-refractivity contribution in [3.05, 3.63) is 192 Å². The van der Waals surface area contributed by atoms with Crippen LogP contribution >= 0.6 is 0 Å². The van der Waals surface area contributed by atoms with E-state index in [-0.39, 0.29) is 11.5 Å². The van der Waals surface area contributed by atoms with E-state index in [1.807, 2.05) is 0 Å². The molecule has 0 aliphatic carbocycles. The van der Waals surface area contributed by atoms with Crippen LogP contribution in [0.5, 0.6) is 11.5 Å². The van der Waals surface area contributed by atoms with Gasteiger partial charge in [-0.1, -0.05) is 170 Å². The van der Waals surface area contributed by atoms with Gasteiger partial charge in [0.1, 0.15) is 22.7 Å². The quantitative estimate of drug-likeness (QED) is 0.0649. The Balaban J connectivity index is 0.981. The minimum atomic E-state index is 0.159. The lowest BCUT2D eigenvalue weighted by Gasteiger charge is -2.24. The van der Waals surface area contributed by atoms with Crippen molar-refractivity contribution in [1.29, 1.82) is 0 Å². The first kappa shape index (κ1) is 38.0. The van der Waals surface area contributed by atoms with Gasteiger partial charge in [-0.2, -0.15) is 0 Å². The van der Waals surface area contributed by atoms with E-state index < -0.39 is 0 Å². The predicted molar refractivity (Wildman–Crippen MR) is 257 cm³/mol. The number of anilines is 4. The molecule has 10 rings (SSSR count). The molecule has 0 fully saturated rings. The molecule has 0 radical (unpaired) electrons. The van der Waals surface area contributed by atoms with Crippen molar-refractivity contribution in [2.24, 2.45) is 0 Å². The highest BCUT2D eigenvalue weighted by Crippen LogP contribution is 2.57. The average Bonchev–Trinajstić information content (AvgIpc) is 3.68. The van der Waals surface area contributed by atoms with Crippen molar-refractivity contribution in [2.45, 2.75) is 25.7 Å². The van der Waals surface area contributed by atoms with Crippen LogP contribution in [0.4, 0.5) is 22.7 Å². The SMILES string of the molecule is Oc1c(NCCc2ccc3ccccc3c2)c(NCCc2ccc3ccccc3c2)c(O)c2c1N(CCc1ccc3ccccc3c1)CN2CCc1ccc2ccccc2c1. The van der Waals surface area contributed by atoms with Crippen molar-refractivity contribution in [3.8, 4) is 11.5 Å². The Labute approximate surface area is 357 Å². The summed E-state index contributed by atoms with van der Waals surface area (Å²) in [5.41, 5.74) is 7.29. The lowest BCUT2D eigenvalue weighted by atomic mass is 10.0. The maximum absolute atomic E-state index is 12.5. The molecule has 302 valence electrons. The van der Waals surface area contributed by atoms with Gasteiger partial charge in [0, 0.05) is 26.2 Å². The van der Waals surface area contributed by atoms with E-state index in [2.05, 4.69) is 190 Å². The van der Waals surface area contributed by atoms with E-state index in [4.69, 9.17) is 0 Å². The van der Waals surface area contributed by atoms with E-state index in [1.165, 1.54) is 65.3 Å². The van der Waals surface area contributed by atoms with Gasteiger partial charge >= 0.3 is 0 Å². The van der Waals surface area contributed by atoms with Crippen LogP contribution in [-0.4, -0.2) is 43.1 Å². The number of hydrogen-bond acceptors (Lipinski definition) is 6. The summed E-state index contributed by atoms with van der Waals surface area (Å²) in [5, 5.41) is 42.0. The standard InChI is InChI=1S/C55H50N4O2/c60-54-50(56-29-25-38-17-21-42-9-1-5-13-46(42)33-38)51(57-30-26-39-18-22-43-10-2-6-14-47(43)34-39)55(61)53-52(54)58(31-27-40-19-23-44-11-3-7-15-48(44)35-40)37-59(53)32-28-41-20-24-45-12-4-8-16-49(45)36-41/h1-24,33-36,56-57,60-61H,25-32,37H2. The monoisotopic (exact) mass is 798 g/mol. The van der Waals surface area contributed by atoms with Gasteiger partial charge in [0.15, 0.2) is 11.5 Å². The fourth-order valence-electron chi connectivity index (χ4n) is 9.12. The largest absolute Gasteiger partial charge is 0.504 e. The highest BCUT2D eigenvalue weighted by molar-refractivity contribution is 6.00. The summed E-state index contributed by atoms with van der Waals surface area (Å²) in [5.74, 6) is 0.317. The van der Waals surface area contributed by atoms with Crippen molar-refractivity contribution in [3.63, 3.8) is 0 Å². The van der Waals surface area contributed by atoms with Gasteiger partial charge in [0.25, 0.3) is 0 Å². The summed E-state index contributed by atoms with van der Waals surface area (Å²) in [4.78, 5) is 4.49. The lowest BCUT2D eigenvalue weighted by molar-refractivity contribution is 0.466. The van der Waals surface area contributed by atoms with E-state index >= 15 is 0 Å². The van der Waals surface area contributed by atoms with E-state index in [0.717, 1.165) is 25.7 Å². The maximum Gasteiger partial charge on any atom is 0.166 e. The normalized spacial score (nSPS) is 12.5. The molecular weight excluding hydrogens is 749 g/mol. The summed E-state index contributed by atoms with van der Waals surface area (Å²) in [6.45, 7) is 3.05. The first-order valence-electron chi connectivity index (χ1n) is 21.5. The molecule has 0 amide bonds. The van der Waals surface area contributed by atoms with Crippen LogP contribution in [0.25, 0.3) is 43.1 Å². The number of fused-ring (bicyclic) bond motifs is 5. The minimum Gasteiger partial charge on any atom is -0.504 e. The van der Waals surface area contributed by atoms with Crippen LogP contribution in [-0.2, 0) is 25.7 Å². The van der Waals surface area contributed by atoms with Crippen LogP contribution in [0.1, 0.15) is 22.3 Å². The zero-order valence-electron chi connectivity index (χ0n) is 34.3. The first-order valence-corrected chi connectivity index (χ1v) is 21.5. The van der Waals surface area contributed by atoms with E-state index in [1.54, 1.807) is 0 Å². The number of nitrogens with zero attached hydrogens (tertiary/aromatic N) is 2. The van der Waals surface area contributed by atoms with Gasteiger partial charge in [-0.25, -0.2) is 0 Å². The molecule has 0 unspecified atom stereocenters. The second-order valence-corrected chi connectivity index (χ2v) is 16.4. The number of phenolic OH excluding ortho intramolecular Hbond substituents is 2. The zero-order chi connectivity index (χ0) is 41.1. The third kappa shape index (κ3) is 7.97. The number of aromatic hydroxyl groups is 2. The number of phenols is 2. The molecule has 0 spiro atoms. The molecule has 1 aliphatic rings. The summed E-state index contributed by atoms with van der Waals surface area (Å²) < 4.78 is 0. The number of rotatable bonds is 14. The molecule has 0 saturated heterocycles. The van der Waals surface area contributed by atoms with Gasteiger partial charge in [-0.15, -0.1) is 0 Å². The van der Waals surface area contributed by atoms with Crippen molar-refractivity contribution < 1.29 is 10.2 Å². The smallest absolute Gasteiger partial charge is 0.166 e. The molecule has 0 atom stereocenters. The average molecular weight is 799 g/mol. The third-order valence-electron chi connectivity index (χ3n) is 12.4. The molecule has 9 aromatic rings. The Morgan fingerprint density at radius 3 is 0.984 bits per heavy atom. The molecule has 0 saturated carbocycles. The van der Waals surface area contributed by atoms with Crippen LogP contribution < -0.4 is 20.4 Å². The Morgan fingerprint density at radius 1 is 0.361 bits per heavy atom. The summed E-state index contributed by atoms with van der Waals surface area (Å²) in [6.07, 6.45) is 3.09. The molecule has 61 heavy (non-hydrogen) atoms. The molecule has 0 bridgehead atoms. The second-order valence-electron chi connectivity index (χ2n) is 16.4. The predicted octanol–water partition coefficient (Wildman–Crippen LogP) is 12.1. The number of nitrogens with one attached hydrogen (secondary N) is 2. The zero-order valence-corrected chi connectivity index (χ0v) is 34.3. The van der Waals surface area contributed by atoms with Gasteiger partial charge < -0.3 is 30.6 Å². The molecule has 0 aromatic heterocycles. The first-order chi connectivity index (χ1) is 30.0. The van der Waals surface area contributed by atoms with Gasteiger partial charge in [0.2, 0.25) is 0 Å². The van der Waals surface area contributed by atoms with Crippen molar-refractivity contribution in [2.75, 3.05) is 53.3 Å². The lowest BCUT2D eigenvalue weighted by Crippen LogP contribution is -2.33. The Morgan fingerprint density at radius 2 is 0.656 bits per heavy atom. The molecule has 6 heteroatoms. The summed E-state index contributed by atoms with van der Waals surface area (Å²) >= 11 is 0.